The zero-order valence-electron chi connectivity index (χ0n) is 22.6. The molecule has 3 aliphatic rings. The Morgan fingerprint density at radius 1 is 1.30 bits per heavy atom. The van der Waals surface area contributed by atoms with Gasteiger partial charge in [-0.2, -0.15) is 19.1 Å². The number of halogens is 2. The van der Waals surface area contributed by atoms with Gasteiger partial charge in [-0.3, -0.25) is 14.6 Å². The maximum absolute atomic E-state index is 13.6. The van der Waals surface area contributed by atoms with E-state index in [1.807, 2.05) is 6.07 Å². The molecule has 0 bridgehead atoms. The molecule has 2 aliphatic heterocycles. The topological polar surface area (TPSA) is 152 Å². The molecular formula is C26H33F2N5O6S. The van der Waals surface area contributed by atoms with Gasteiger partial charge in [0.1, 0.15) is 18.4 Å². The molecule has 1 aromatic rings. The van der Waals surface area contributed by atoms with Crippen LogP contribution in [0.3, 0.4) is 0 Å². The summed E-state index contributed by atoms with van der Waals surface area (Å²) in [5.41, 5.74) is 1.53. The number of sulfone groups is 1. The minimum atomic E-state index is -4.04. The largest absolute Gasteiger partial charge is 0.387 e. The lowest BCUT2D eigenvalue weighted by Gasteiger charge is -2.39. The summed E-state index contributed by atoms with van der Waals surface area (Å²) >= 11 is 0. The first-order valence-corrected chi connectivity index (χ1v) is 14.4. The number of benzene rings is 1. The van der Waals surface area contributed by atoms with Gasteiger partial charge in [-0.1, -0.05) is 12.1 Å². The van der Waals surface area contributed by atoms with E-state index in [0.717, 1.165) is 5.56 Å². The van der Waals surface area contributed by atoms with E-state index >= 15 is 0 Å². The van der Waals surface area contributed by atoms with E-state index < -0.39 is 56.5 Å². The second kappa shape index (κ2) is 10.7. The van der Waals surface area contributed by atoms with Crippen LogP contribution in [0.1, 0.15) is 44.2 Å². The van der Waals surface area contributed by atoms with Crippen LogP contribution in [0.5, 0.6) is 0 Å². The first kappa shape index (κ1) is 29.8. The molecule has 11 nitrogen and oxygen atoms in total. The standard InChI is InChI=1S/C26H33F2N5O6S/c1-24(2,16-39-26(27,28)15-34)40(37,38)25(9-10-25)14-33-11-8-19-20(31-32(3)21(19)23(33)36)22(35)30-13-18-6-4-17(12-29)5-7-18/h4-7,19,21,34H,8-11,13-16H2,1-3H3,(H,30,35). The molecule has 2 fully saturated rings. The highest BCUT2D eigenvalue weighted by Crippen LogP contribution is 2.49. The Kier molecular flexibility index (Phi) is 7.96. The van der Waals surface area contributed by atoms with Crippen LogP contribution in [0.2, 0.25) is 0 Å². The van der Waals surface area contributed by atoms with Crippen LogP contribution in [-0.2, 0) is 30.7 Å². The van der Waals surface area contributed by atoms with Crippen LogP contribution in [0.25, 0.3) is 0 Å². The van der Waals surface area contributed by atoms with Gasteiger partial charge in [-0.05, 0) is 50.8 Å². The Balaban J connectivity index is 1.40. The Labute approximate surface area is 231 Å². The van der Waals surface area contributed by atoms with E-state index in [0.29, 0.717) is 12.0 Å². The summed E-state index contributed by atoms with van der Waals surface area (Å²) in [5, 5.41) is 26.2. The summed E-state index contributed by atoms with van der Waals surface area (Å²) in [4.78, 5) is 27.9. The molecule has 2 unspecified atom stereocenters. The molecule has 0 radical (unpaired) electrons. The van der Waals surface area contributed by atoms with Crippen LogP contribution in [-0.4, -0.2) is 96.0 Å². The number of amides is 2. The van der Waals surface area contributed by atoms with Crippen molar-refractivity contribution in [2.45, 2.75) is 61.3 Å². The minimum absolute atomic E-state index is 0.0920. The molecule has 1 saturated heterocycles. The molecule has 0 aromatic heterocycles. The third-order valence-electron chi connectivity index (χ3n) is 7.84. The van der Waals surface area contributed by atoms with Crippen molar-refractivity contribution in [3.63, 3.8) is 0 Å². The number of likely N-dealkylation sites (N-methyl/N-ethyl adjacent to an activating group) is 1. The van der Waals surface area contributed by atoms with Crippen molar-refractivity contribution in [1.82, 2.24) is 15.2 Å². The Bertz CT molecular complexity index is 1340. The number of aliphatic hydroxyl groups excluding tert-OH is 1. The van der Waals surface area contributed by atoms with E-state index in [4.69, 9.17) is 10.4 Å². The fourth-order valence-electron chi connectivity index (χ4n) is 5.26. The highest BCUT2D eigenvalue weighted by Gasteiger charge is 2.62. The number of aliphatic hydroxyl groups is 1. The van der Waals surface area contributed by atoms with Crippen molar-refractivity contribution in [3.8, 4) is 6.07 Å². The number of nitrogens with one attached hydrogen (secondary N) is 1. The van der Waals surface area contributed by atoms with Gasteiger partial charge in [0.2, 0.25) is 5.91 Å². The minimum Gasteiger partial charge on any atom is -0.387 e. The summed E-state index contributed by atoms with van der Waals surface area (Å²) in [6.45, 7) is 0.550. The molecule has 1 aromatic carbocycles. The van der Waals surface area contributed by atoms with Crippen LogP contribution < -0.4 is 5.32 Å². The van der Waals surface area contributed by atoms with Gasteiger partial charge in [-0.15, -0.1) is 0 Å². The number of piperidine rings is 1. The number of hydrazone groups is 1. The van der Waals surface area contributed by atoms with Gasteiger partial charge in [0.15, 0.2) is 9.84 Å². The fraction of sp³-hybridized carbons (Fsp3) is 0.615. The second-order valence-electron chi connectivity index (χ2n) is 11.2. The van der Waals surface area contributed by atoms with Crippen molar-refractivity contribution in [3.05, 3.63) is 35.4 Å². The summed E-state index contributed by atoms with van der Waals surface area (Å²) in [7, 11) is -2.45. The zero-order valence-corrected chi connectivity index (χ0v) is 23.4. The summed E-state index contributed by atoms with van der Waals surface area (Å²) in [6.07, 6.45) is -2.90. The van der Waals surface area contributed by atoms with E-state index in [2.05, 4.69) is 15.2 Å². The number of carbonyl (C=O) groups is 2. The lowest BCUT2D eigenvalue weighted by atomic mass is 9.87. The van der Waals surface area contributed by atoms with Crippen molar-refractivity contribution in [2.24, 2.45) is 11.0 Å². The van der Waals surface area contributed by atoms with Crippen molar-refractivity contribution >= 4 is 27.4 Å². The second-order valence-corrected chi connectivity index (χ2v) is 14.2. The summed E-state index contributed by atoms with van der Waals surface area (Å²) in [5.74, 6) is -1.22. The Morgan fingerprint density at radius 3 is 2.52 bits per heavy atom. The Morgan fingerprint density at radius 2 is 1.95 bits per heavy atom. The molecular weight excluding hydrogens is 548 g/mol. The predicted molar refractivity (Wildman–Crippen MR) is 140 cm³/mol. The average molecular weight is 582 g/mol. The molecule has 4 rings (SSSR count). The van der Waals surface area contributed by atoms with Crippen LogP contribution in [0.4, 0.5) is 8.78 Å². The zero-order chi connectivity index (χ0) is 29.5. The number of hydrogen-bond donors (Lipinski definition) is 2. The molecule has 2 heterocycles. The molecule has 40 heavy (non-hydrogen) atoms. The van der Waals surface area contributed by atoms with E-state index in [1.54, 1.807) is 31.3 Å². The number of nitrogens with zero attached hydrogens (tertiary/aromatic N) is 4. The van der Waals surface area contributed by atoms with E-state index in [-0.39, 0.29) is 44.1 Å². The monoisotopic (exact) mass is 581 g/mol. The lowest BCUT2D eigenvalue weighted by Crippen LogP contribution is -2.58. The maximum Gasteiger partial charge on any atom is 0.378 e. The molecule has 2 atom stereocenters. The third-order valence-corrected chi connectivity index (χ3v) is 11.1. The smallest absolute Gasteiger partial charge is 0.378 e. The Hall–Kier alpha value is -3.15. The van der Waals surface area contributed by atoms with E-state index in [9.17, 15) is 26.8 Å². The molecule has 2 amide bonds. The maximum atomic E-state index is 13.6. The van der Waals surface area contributed by atoms with E-state index in [1.165, 1.54) is 23.8 Å². The van der Waals surface area contributed by atoms with Gasteiger partial charge in [0, 0.05) is 32.6 Å². The highest BCUT2D eigenvalue weighted by atomic mass is 32.2. The number of ether oxygens (including phenoxy) is 1. The van der Waals surface area contributed by atoms with Gasteiger partial charge in [0.25, 0.3) is 5.91 Å². The number of fused-ring (bicyclic) bond motifs is 1. The van der Waals surface area contributed by atoms with Crippen molar-refractivity contribution in [1.29, 1.82) is 5.26 Å². The number of hydrogen-bond acceptors (Lipinski definition) is 9. The third kappa shape index (κ3) is 5.55. The SMILES string of the molecule is CN1N=C(C(=O)NCc2ccc(C#N)cc2)C2CCN(CC3(S(=O)(=O)C(C)(C)COC(F)(F)CO)CC3)C(=O)C21. The molecule has 1 saturated carbocycles. The van der Waals surface area contributed by atoms with Gasteiger partial charge < -0.3 is 20.1 Å². The molecule has 2 N–H and O–H groups in total. The van der Waals surface area contributed by atoms with Gasteiger partial charge >= 0.3 is 6.11 Å². The predicted octanol–water partition coefficient (Wildman–Crippen LogP) is 1.02. The van der Waals surface area contributed by atoms with Crippen LogP contribution >= 0.6 is 0 Å². The normalized spacial score (nSPS) is 22.4. The number of rotatable bonds is 11. The number of likely N-dealkylation sites (tertiary alicyclic amines) is 1. The first-order valence-electron chi connectivity index (χ1n) is 12.9. The summed E-state index contributed by atoms with van der Waals surface area (Å²) < 4.78 is 55.4. The molecule has 0 spiro atoms. The van der Waals surface area contributed by atoms with Crippen molar-refractivity contribution < 1.29 is 36.6 Å². The van der Waals surface area contributed by atoms with Gasteiger partial charge in [0.05, 0.1) is 27.7 Å². The summed E-state index contributed by atoms with van der Waals surface area (Å²) in [6, 6.07) is 8.04. The highest BCUT2D eigenvalue weighted by molar-refractivity contribution is 7.94. The molecule has 1 aliphatic carbocycles. The van der Waals surface area contributed by atoms with Crippen molar-refractivity contribution in [2.75, 3.05) is 33.4 Å². The number of alkyl halides is 2. The van der Waals surface area contributed by atoms with Gasteiger partial charge in [-0.25, -0.2) is 8.42 Å². The van der Waals surface area contributed by atoms with Crippen LogP contribution in [0.15, 0.2) is 29.4 Å². The lowest BCUT2D eigenvalue weighted by molar-refractivity contribution is -0.259. The molecule has 218 valence electrons. The number of carbonyl (C=O) groups excluding carboxylic acids is 2. The number of nitriles is 1. The van der Waals surface area contributed by atoms with Crippen LogP contribution in [0, 0.1) is 17.2 Å². The average Bonchev–Trinajstić information content (AvgIpc) is 3.64. The first-order chi connectivity index (χ1) is 18.7. The fourth-order valence-corrected chi connectivity index (χ4v) is 7.62. The quantitative estimate of drug-likeness (QED) is 0.393. The molecule has 14 heteroatoms.